The number of nitrogens with zero attached hydrogens (tertiary/aromatic N) is 2. The summed E-state index contributed by atoms with van der Waals surface area (Å²) >= 11 is 0. The first-order chi connectivity index (χ1) is 9.21. The molecule has 0 bridgehead atoms. The molecule has 0 aliphatic heterocycles. The number of nitriles is 1. The van der Waals surface area contributed by atoms with Crippen LogP contribution in [0, 0.1) is 11.3 Å². The van der Waals surface area contributed by atoms with Crippen LogP contribution in [-0.2, 0) is 0 Å². The smallest absolute Gasteiger partial charge is 0.269 e. The lowest BCUT2D eigenvalue weighted by molar-refractivity contribution is 0.355. The first kappa shape index (κ1) is 12.6. The van der Waals surface area contributed by atoms with Crippen LogP contribution < -0.4 is 15.0 Å². The molecule has 1 N–H and O–H groups in total. The van der Waals surface area contributed by atoms with Gasteiger partial charge in [0.05, 0.1) is 26.2 Å². The molecule has 0 aliphatic rings. The molecule has 96 valence electrons. The summed E-state index contributed by atoms with van der Waals surface area (Å²) in [4.78, 5) is 18.0. The predicted octanol–water partition coefficient (Wildman–Crippen LogP) is 1.33. The number of benzene rings is 1. The minimum atomic E-state index is -0.470. The van der Waals surface area contributed by atoms with Gasteiger partial charge in [0.2, 0.25) is 0 Å². The molecule has 6 nitrogen and oxygen atoms in total. The molecule has 0 saturated carbocycles. The van der Waals surface area contributed by atoms with Crippen LogP contribution in [0.3, 0.4) is 0 Å². The lowest BCUT2D eigenvalue weighted by Gasteiger charge is -2.09. The van der Waals surface area contributed by atoms with Crippen LogP contribution >= 0.6 is 0 Å². The van der Waals surface area contributed by atoms with E-state index in [1.165, 1.54) is 20.5 Å². The zero-order valence-electron chi connectivity index (χ0n) is 10.4. The fraction of sp³-hybridized carbons (Fsp3) is 0.154. The second kappa shape index (κ2) is 5.23. The number of hydrogen-bond donors (Lipinski definition) is 1. The molecular formula is C13H11N3O3. The maximum absolute atomic E-state index is 11.5. The molecule has 0 saturated heterocycles. The first-order valence-electron chi connectivity index (χ1n) is 5.41. The van der Waals surface area contributed by atoms with Crippen LogP contribution in [0.1, 0.15) is 5.56 Å². The lowest BCUT2D eigenvalue weighted by atomic mass is 10.1. The molecule has 0 atom stereocenters. The molecule has 1 heterocycles. The van der Waals surface area contributed by atoms with Gasteiger partial charge in [-0.2, -0.15) is 5.26 Å². The number of rotatable bonds is 3. The number of methoxy groups -OCH3 is 2. The van der Waals surface area contributed by atoms with E-state index in [-0.39, 0.29) is 5.56 Å². The molecule has 2 aromatic rings. The normalized spacial score (nSPS) is 9.74. The van der Waals surface area contributed by atoms with Crippen molar-refractivity contribution in [3.05, 3.63) is 40.4 Å². The largest absolute Gasteiger partial charge is 0.493 e. The number of ether oxygens (including phenoxy) is 2. The molecule has 6 heteroatoms. The van der Waals surface area contributed by atoms with Crippen molar-refractivity contribution in [2.24, 2.45) is 0 Å². The highest BCUT2D eigenvalue weighted by molar-refractivity contribution is 5.68. The van der Waals surface area contributed by atoms with Gasteiger partial charge in [0, 0.05) is 5.56 Å². The maximum atomic E-state index is 11.5. The highest BCUT2D eigenvalue weighted by Crippen LogP contribution is 2.31. The van der Waals surface area contributed by atoms with Crippen LogP contribution in [0.15, 0.2) is 29.3 Å². The SMILES string of the molecule is COc1ccc(-c2nc[nH]c(=O)c2C#N)cc1OC. The molecule has 0 radical (unpaired) electrons. The van der Waals surface area contributed by atoms with E-state index in [1.54, 1.807) is 18.2 Å². The van der Waals surface area contributed by atoms with E-state index in [0.29, 0.717) is 22.8 Å². The van der Waals surface area contributed by atoms with Crippen LogP contribution in [0.2, 0.25) is 0 Å². The van der Waals surface area contributed by atoms with Gasteiger partial charge in [-0.05, 0) is 18.2 Å². The summed E-state index contributed by atoms with van der Waals surface area (Å²) in [6.07, 6.45) is 1.26. The molecule has 0 fully saturated rings. The maximum Gasteiger partial charge on any atom is 0.269 e. The van der Waals surface area contributed by atoms with E-state index in [1.807, 2.05) is 6.07 Å². The third-order valence-corrected chi connectivity index (χ3v) is 2.62. The van der Waals surface area contributed by atoms with E-state index in [9.17, 15) is 4.79 Å². The lowest BCUT2D eigenvalue weighted by Crippen LogP contribution is -2.12. The summed E-state index contributed by atoms with van der Waals surface area (Å²) < 4.78 is 10.3. The highest BCUT2D eigenvalue weighted by Gasteiger charge is 2.13. The third-order valence-electron chi connectivity index (χ3n) is 2.62. The predicted molar refractivity (Wildman–Crippen MR) is 68.1 cm³/mol. The Labute approximate surface area is 109 Å². The van der Waals surface area contributed by atoms with Gasteiger partial charge in [-0.1, -0.05) is 0 Å². The molecule has 19 heavy (non-hydrogen) atoms. The molecule has 1 aromatic carbocycles. The van der Waals surface area contributed by atoms with E-state index in [0.717, 1.165) is 0 Å². The van der Waals surface area contributed by atoms with Crippen LogP contribution in [0.4, 0.5) is 0 Å². The zero-order valence-corrected chi connectivity index (χ0v) is 10.4. The summed E-state index contributed by atoms with van der Waals surface area (Å²) in [7, 11) is 3.04. The number of hydrogen-bond acceptors (Lipinski definition) is 5. The van der Waals surface area contributed by atoms with Crippen molar-refractivity contribution in [3.63, 3.8) is 0 Å². The van der Waals surface area contributed by atoms with E-state index in [4.69, 9.17) is 14.7 Å². The third kappa shape index (κ3) is 2.26. The summed E-state index contributed by atoms with van der Waals surface area (Å²) in [6.45, 7) is 0. The Morgan fingerprint density at radius 3 is 2.63 bits per heavy atom. The van der Waals surface area contributed by atoms with Crippen molar-refractivity contribution in [1.29, 1.82) is 5.26 Å². The Hall–Kier alpha value is -2.81. The minimum Gasteiger partial charge on any atom is -0.493 e. The Morgan fingerprint density at radius 1 is 1.26 bits per heavy atom. The van der Waals surface area contributed by atoms with Crippen molar-refractivity contribution in [2.45, 2.75) is 0 Å². The first-order valence-corrected chi connectivity index (χ1v) is 5.41. The van der Waals surface area contributed by atoms with Gasteiger partial charge in [0.1, 0.15) is 11.6 Å². The summed E-state index contributed by atoms with van der Waals surface area (Å²) in [5.41, 5.74) is 0.421. The number of aromatic nitrogens is 2. The molecule has 0 unspecified atom stereocenters. The van der Waals surface area contributed by atoms with Gasteiger partial charge in [-0.25, -0.2) is 4.98 Å². The van der Waals surface area contributed by atoms with E-state index >= 15 is 0 Å². The van der Waals surface area contributed by atoms with Crippen LogP contribution in [0.5, 0.6) is 11.5 Å². The Kier molecular flexibility index (Phi) is 3.48. The Balaban J connectivity index is 2.64. The monoisotopic (exact) mass is 257 g/mol. The van der Waals surface area contributed by atoms with Crippen molar-refractivity contribution < 1.29 is 9.47 Å². The molecular weight excluding hydrogens is 246 g/mol. The van der Waals surface area contributed by atoms with Crippen LogP contribution in [-0.4, -0.2) is 24.2 Å². The van der Waals surface area contributed by atoms with Crippen molar-refractivity contribution in [3.8, 4) is 28.8 Å². The minimum absolute atomic E-state index is 0.0327. The van der Waals surface area contributed by atoms with E-state index in [2.05, 4.69) is 9.97 Å². The van der Waals surface area contributed by atoms with Crippen molar-refractivity contribution >= 4 is 0 Å². The van der Waals surface area contributed by atoms with Crippen LogP contribution in [0.25, 0.3) is 11.3 Å². The number of nitrogens with one attached hydrogen (secondary N) is 1. The topological polar surface area (TPSA) is 88.0 Å². The average molecular weight is 257 g/mol. The van der Waals surface area contributed by atoms with E-state index < -0.39 is 5.56 Å². The Morgan fingerprint density at radius 2 is 2.00 bits per heavy atom. The summed E-state index contributed by atoms with van der Waals surface area (Å²) in [5, 5.41) is 9.02. The Bertz CT molecular complexity index is 701. The molecule has 0 amide bonds. The molecule has 1 aromatic heterocycles. The summed E-state index contributed by atoms with van der Waals surface area (Å²) in [5.74, 6) is 1.07. The molecule has 0 spiro atoms. The zero-order chi connectivity index (χ0) is 13.8. The quantitative estimate of drug-likeness (QED) is 0.896. The second-order valence-electron chi connectivity index (χ2n) is 3.64. The van der Waals surface area contributed by atoms with Crippen molar-refractivity contribution in [2.75, 3.05) is 14.2 Å². The molecule has 2 rings (SSSR count). The number of aromatic amines is 1. The van der Waals surface area contributed by atoms with Gasteiger partial charge < -0.3 is 14.5 Å². The second-order valence-corrected chi connectivity index (χ2v) is 3.64. The fourth-order valence-corrected chi connectivity index (χ4v) is 1.71. The highest BCUT2D eigenvalue weighted by atomic mass is 16.5. The van der Waals surface area contributed by atoms with Gasteiger partial charge >= 0.3 is 0 Å². The number of H-pyrrole nitrogens is 1. The fourth-order valence-electron chi connectivity index (χ4n) is 1.71. The average Bonchev–Trinajstić information content (AvgIpc) is 2.46. The standard InChI is InChI=1S/C13H11N3O3/c1-18-10-4-3-8(5-11(10)19-2)12-9(6-14)13(17)16-7-15-12/h3-5,7H,1-2H3,(H,15,16,17). The van der Waals surface area contributed by atoms with Gasteiger partial charge in [0.25, 0.3) is 5.56 Å². The van der Waals surface area contributed by atoms with Gasteiger partial charge in [-0.15, -0.1) is 0 Å². The summed E-state index contributed by atoms with van der Waals surface area (Å²) in [6, 6.07) is 6.92. The van der Waals surface area contributed by atoms with Gasteiger partial charge in [0.15, 0.2) is 11.5 Å². The molecule has 0 aliphatic carbocycles. The van der Waals surface area contributed by atoms with Gasteiger partial charge in [-0.3, -0.25) is 4.79 Å². The van der Waals surface area contributed by atoms with Crippen molar-refractivity contribution in [1.82, 2.24) is 9.97 Å².